The van der Waals surface area contributed by atoms with Gasteiger partial charge in [-0.15, -0.1) is 0 Å². The van der Waals surface area contributed by atoms with Crippen LogP contribution < -0.4 is 10.2 Å². The Bertz CT molecular complexity index is 496. The smallest absolute Gasteiger partial charge is 0.232 e. The molecule has 1 amide bonds. The van der Waals surface area contributed by atoms with E-state index in [0.717, 1.165) is 6.54 Å². The Morgan fingerprint density at radius 3 is 3.22 bits per heavy atom. The highest BCUT2D eigenvalue weighted by Gasteiger charge is 2.41. The summed E-state index contributed by atoms with van der Waals surface area (Å²) in [6, 6.07) is 0.0159. The van der Waals surface area contributed by atoms with Crippen molar-refractivity contribution >= 4 is 29.0 Å². The minimum absolute atomic E-state index is 0.0159. The molecule has 0 saturated carbocycles. The third-order valence-corrected chi connectivity index (χ3v) is 3.58. The summed E-state index contributed by atoms with van der Waals surface area (Å²) in [6.07, 6.45) is 1.55. The Balaban J connectivity index is 2.10. The zero-order chi connectivity index (χ0) is 12.7. The number of hydrogen-bond acceptors (Lipinski definition) is 5. The molecule has 96 valence electrons. The van der Waals surface area contributed by atoms with Crippen LogP contribution in [0.15, 0.2) is 6.20 Å². The average Bonchev–Trinajstić information content (AvgIpc) is 2.79. The van der Waals surface area contributed by atoms with E-state index >= 15 is 0 Å². The van der Waals surface area contributed by atoms with E-state index in [-0.39, 0.29) is 23.2 Å². The molecule has 0 aliphatic carbocycles. The Hall–Kier alpha value is -1.40. The third kappa shape index (κ3) is 1.72. The number of rotatable bonds is 1. The number of anilines is 2. The summed E-state index contributed by atoms with van der Waals surface area (Å²) in [5.74, 6) is 0.461. The van der Waals surface area contributed by atoms with Crippen molar-refractivity contribution in [1.29, 1.82) is 0 Å². The van der Waals surface area contributed by atoms with Crippen molar-refractivity contribution in [3.63, 3.8) is 0 Å². The van der Waals surface area contributed by atoms with Crippen LogP contribution in [0.1, 0.15) is 6.92 Å². The van der Waals surface area contributed by atoms with E-state index < -0.39 is 0 Å². The monoisotopic (exact) mass is 268 g/mol. The van der Waals surface area contributed by atoms with Gasteiger partial charge in [-0.25, -0.2) is 4.98 Å². The lowest BCUT2D eigenvalue weighted by Crippen LogP contribution is -2.42. The van der Waals surface area contributed by atoms with E-state index in [1.807, 2.05) is 6.92 Å². The third-order valence-electron chi connectivity index (χ3n) is 3.40. The topological polar surface area (TPSA) is 67.4 Å². The van der Waals surface area contributed by atoms with Crippen LogP contribution >= 0.6 is 11.6 Å². The summed E-state index contributed by atoms with van der Waals surface area (Å²) < 4.78 is 5.42. The molecule has 3 rings (SSSR count). The molecule has 2 aliphatic rings. The van der Waals surface area contributed by atoms with Gasteiger partial charge in [0, 0.05) is 6.54 Å². The SMILES string of the molecule is CCN1c2nc(Cl)ncc2NC(=O)C2COCC21. The van der Waals surface area contributed by atoms with Crippen molar-refractivity contribution in [1.82, 2.24) is 9.97 Å². The number of ether oxygens (including phenoxy) is 1. The van der Waals surface area contributed by atoms with Gasteiger partial charge in [-0.1, -0.05) is 0 Å². The molecule has 1 N–H and O–H groups in total. The summed E-state index contributed by atoms with van der Waals surface area (Å²) in [4.78, 5) is 22.3. The predicted molar refractivity (Wildman–Crippen MR) is 66.8 cm³/mol. The number of carbonyl (C=O) groups is 1. The number of hydrogen-bond donors (Lipinski definition) is 1. The Labute approximate surface area is 109 Å². The molecule has 1 aromatic rings. The number of carbonyl (C=O) groups excluding carboxylic acids is 1. The quantitative estimate of drug-likeness (QED) is 0.768. The molecular weight excluding hydrogens is 256 g/mol. The minimum Gasteiger partial charge on any atom is -0.378 e. The molecule has 1 saturated heterocycles. The first-order valence-corrected chi connectivity index (χ1v) is 6.26. The van der Waals surface area contributed by atoms with Gasteiger partial charge in [-0.05, 0) is 18.5 Å². The lowest BCUT2D eigenvalue weighted by atomic mass is 10.0. The van der Waals surface area contributed by atoms with Crippen molar-refractivity contribution in [3.8, 4) is 0 Å². The molecule has 0 bridgehead atoms. The van der Waals surface area contributed by atoms with Gasteiger partial charge in [0.15, 0.2) is 5.82 Å². The van der Waals surface area contributed by atoms with Gasteiger partial charge in [-0.2, -0.15) is 4.98 Å². The van der Waals surface area contributed by atoms with Crippen LogP contribution in [0.4, 0.5) is 11.5 Å². The zero-order valence-corrected chi connectivity index (χ0v) is 10.6. The summed E-state index contributed by atoms with van der Waals surface area (Å²) >= 11 is 5.84. The summed E-state index contributed by atoms with van der Waals surface area (Å²) in [5, 5.41) is 3.02. The van der Waals surface area contributed by atoms with Gasteiger partial charge in [-0.3, -0.25) is 4.79 Å². The fraction of sp³-hybridized carbons (Fsp3) is 0.545. The number of nitrogens with one attached hydrogen (secondary N) is 1. The van der Waals surface area contributed by atoms with Crippen LogP contribution in [0.2, 0.25) is 5.28 Å². The van der Waals surface area contributed by atoms with Crippen LogP contribution in [0.3, 0.4) is 0 Å². The lowest BCUT2D eigenvalue weighted by Gasteiger charge is -2.28. The maximum absolute atomic E-state index is 12.1. The molecule has 3 heterocycles. The molecule has 2 unspecified atom stereocenters. The molecule has 0 radical (unpaired) electrons. The molecule has 1 aromatic heterocycles. The van der Waals surface area contributed by atoms with Gasteiger partial charge in [0.1, 0.15) is 5.69 Å². The predicted octanol–water partition coefficient (Wildman–Crippen LogP) is 0.923. The highest BCUT2D eigenvalue weighted by Crippen LogP contribution is 2.34. The van der Waals surface area contributed by atoms with E-state index in [1.165, 1.54) is 0 Å². The van der Waals surface area contributed by atoms with E-state index in [2.05, 4.69) is 20.2 Å². The number of amides is 1. The molecule has 1 fully saturated rings. The molecule has 0 spiro atoms. The maximum atomic E-state index is 12.1. The summed E-state index contributed by atoms with van der Waals surface area (Å²) in [6.45, 7) is 3.74. The molecule has 2 aliphatic heterocycles. The lowest BCUT2D eigenvalue weighted by molar-refractivity contribution is -0.120. The van der Waals surface area contributed by atoms with Gasteiger partial charge in [0.25, 0.3) is 0 Å². The standard InChI is InChI=1S/C11H13ClN4O2/c1-2-16-8-5-18-4-6(8)10(17)14-7-3-13-11(12)15-9(7)16/h3,6,8H,2,4-5H2,1H3,(H,14,17). The van der Waals surface area contributed by atoms with Crippen LogP contribution in [-0.2, 0) is 9.53 Å². The number of halogens is 1. The average molecular weight is 269 g/mol. The van der Waals surface area contributed by atoms with Gasteiger partial charge >= 0.3 is 0 Å². The van der Waals surface area contributed by atoms with Crippen molar-refractivity contribution in [3.05, 3.63) is 11.5 Å². The van der Waals surface area contributed by atoms with Crippen LogP contribution in [0.25, 0.3) is 0 Å². The Morgan fingerprint density at radius 2 is 2.44 bits per heavy atom. The normalized spacial score (nSPS) is 26.3. The van der Waals surface area contributed by atoms with E-state index in [1.54, 1.807) is 6.20 Å². The fourth-order valence-electron chi connectivity index (χ4n) is 2.53. The van der Waals surface area contributed by atoms with Crippen molar-refractivity contribution in [2.75, 3.05) is 30.0 Å². The molecule has 2 atom stereocenters. The number of aromatic nitrogens is 2. The number of nitrogens with zero attached hydrogens (tertiary/aromatic N) is 3. The van der Waals surface area contributed by atoms with E-state index in [9.17, 15) is 4.79 Å². The molecule has 0 aromatic carbocycles. The van der Waals surface area contributed by atoms with Crippen LogP contribution in [0.5, 0.6) is 0 Å². The second kappa shape index (κ2) is 4.37. The Morgan fingerprint density at radius 1 is 1.61 bits per heavy atom. The maximum Gasteiger partial charge on any atom is 0.232 e. The highest BCUT2D eigenvalue weighted by atomic mass is 35.5. The van der Waals surface area contributed by atoms with Gasteiger partial charge in [0.2, 0.25) is 11.2 Å². The second-order valence-corrected chi connectivity index (χ2v) is 4.70. The van der Waals surface area contributed by atoms with Crippen LogP contribution in [0, 0.1) is 5.92 Å². The number of likely N-dealkylation sites (N-methyl/N-ethyl adjacent to an activating group) is 1. The Kier molecular flexibility index (Phi) is 2.83. The molecule has 6 nitrogen and oxygen atoms in total. The van der Waals surface area contributed by atoms with Crippen LogP contribution in [-0.4, -0.2) is 41.7 Å². The largest absolute Gasteiger partial charge is 0.378 e. The van der Waals surface area contributed by atoms with Crippen molar-refractivity contribution < 1.29 is 9.53 Å². The first kappa shape index (κ1) is 11.7. The number of fused-ring (bicyclic) bond motifs is 2. The highest BCUT2D eigenvalue weighted by molar-refractivity contribution is 6.28. The van der Waals surface area contributed by atoms with E-state index in [0.29, 0.717) is 24.7 Å². The second-order valence-electron chi connectivity index (χ2n) is 4.36. The van der Waals surface area contributed by atoms with E-state index in [4.69, 9.17) is 16.3 Å². The molecule has 18 heavy (non-hydrogen) atoms. The van der Waals surface area contributed by atoms with Gasteiger partial charge < -0.3 is 15.0 Å². The first-order valence-electron chi connectivity index (χ1n) is 5.88. The summed E-state index contributed by atoms with van der Waals surface area (Å²) in [5.41, 5.74) is 0.612. The fourth-order valence-corrected chi connectivity index (χ4v) is 2.66. The van der Waals surface area contributed by atoms with Crippen molar-refractivity contribution in [2.45, 2.75) is 13.0 Å². The minimum atomic E-state index is -0.169. The zero-order valence-electron chi connectivity index (χ0n) is 9.89. The summed E-state index contributed by atoms with van der Waals surface area (Å²) in [7, 11) is 0. The molecule has 7 heteroatoms. The first-order chi connectivity index (χ1) is 8.70. The van der Waals surface area contributed by atoms with Gasteiger partial charge in [0.05, 0.1) is 31.4 Å². The van der Waals surface area contributed by atoms with Crippen molar-refractivity contribution in [2.24, 2.45) is 5.92 Å². The molecular formula is C11H13ClN4O2.